The van der Waals surface area contributed by atoms with Gasteiger partial charge in [-0.2, -0.15) is 0 Å². The van der Waals surface area contributed by atoms with Gasteiger partial charge < -0.3 is 9.47 Å². The fraction of sp³-hybridized carbons (Fsp3) is 0.857. The lowest BCUT2D eigenvalue weighted by molar-refractivity contribution is -0.246. The van der Waals surface area contributed by atoms with Crippen LogP contribution in [0.2, 0.25) is 0 Å². The van der Waals surface area contributed by atoms with Crippen molar-refractivity contribution < 1.29 is 45.0 Å². The highest BCUT2D eigenvalue weighted by atomic mass is 19.3. The topological polar surface area (TPSA) is 35.5 Å². The molecule has 1 heterocycles. The summed E-state index contributed by atoms with van der Waals surface area (Å²) in [5.74, 6) is 0. The molecule has 17 heavy (non-hydrogen) atoms. The molecule has 10 heteroatoms. The maximum atomic E-state index is 12.5. The van der Waals surface area contributed by atoms with Crippen LogP contribution in [0.15, 0.2) is 0 Å². The Kier molecular flexibility index (Phi) is 3.44. The Bertz CT molecular complexity index is 300. The second-order valence-electron chi connectivity index (χ2n) is 3.17. The normalized spacial score (nSPS) is 27.8. The first kappa shape index (κ1) is 13.8. The van der Waals surface area contributed by atoms with Gasteiger partial charge in [-0.25, -0.2) is 35.5 Å². The average Bonchev–Trinajstić information content (AvgIpc) is 2.53. The first-order chi connectivity index (χ1) is 7.74. The monoisotopic (exact) mass is 270 g/mol. The fourth-order valence-corrected chi connectivity index (χ4v) is 1.43. The van der Waals surface area contributed by atoms with E-state index in [0.29, 0.717) is 0 Å². The molecule has 1 aliphatic heterocycles. The van der Waals surface area contributed by atoms with Crippen molar-refractivity contribution in [2.24, 2.45) is 0 Å². The molecule has 1 fully saturated rings. The Morgan fingerprint density at radius 1 is 0.941 bits per heavy atom. The molecule has 1 rings (SSSR count). The van der Waals surface area contributed by atoms with Crippen molar-refractivity contribution in [3.8, 4) is 0 Å². The smallest absolute Gasteiger partial charge is 0.414 e. The van der Waals surface area contributed by atoms with E-state index >= 15 is 0 Å². The molecular weight excluding hydrogens is 265 g/mol. The van der Waals surface area contributed by atoms with E-state index in [1.165, 1.54) is 0 Å². The summed E-state index contributed by atoms with van der Waals surface area (Å²) < 4.78 is 94.6. The Hall–Kier alpha value is -1.22. The third-order valence-electron chi connectivity index (χ3n) is 2.38. The Morgan fingerprint density at radius 3 is 1.65 bits per heavy atom. The van der Waals surface area contributed by atoms with Gasteiger partial charge >= 0.3 is 6.16 Å². The van der Waals surface area contributed by atoms with Gasteiger partial charge in [-0.15, -0.1) is 0 Å². The summed E-state index contributed by atoms with van der Waals surface area (Å²) in [7, 11) is 0. The summed E-state index contributed by atoms with van der Waals surface area (Å²) in [6, 6.07) is 0. The average molecular weight is 270 g/mol. The third-order valence-corrected chi connectivity index (χ3v) is 2.38. The molecule has 0 bridgehead atoms. The van der Waals surface area contributed by atoms with Crippen LogP contribution in [-0.4, -0.2) is 43.3 Å². The number of carbonyl (C=O) groups excluding carboxylic acids is 1. The van der Waals surface area contributed by atoms with Gasteiger partial charge in [0, 0.05) is 0 Å². The van der Waals surface area contributed by atoms with Crippen LogP contribution in [-0.2, 0) is 9.47 Å². The van der Waals surface area contributed by atoms with Crippen molar-refractivity contribution in [1.82, 2.24) is 0 Å². The molecule has 3 nitrogen and oxygen atoms in total. The van der Waals surface area contributed by atoms with E-state index in [2.05, 4.69) is 9.47 Å². The van der Waals surface area contributed by atoms with Crippen LogP contribution in [0, 0.1) is 0 Å². The van der Waals surface area contributed by atoms with E-state index in [9.17, 15) is 35.5 Å². The molecule has 0 aromatic rings. The molecule has 0 aromatic heterocycles. The lowest BCUT2D eigenvalue weighted by Crippen LogP contribution is -2.66. The standard InChI is InChI=1S/C7H5F7O3/c8-1-6(2(9)10)7(3(11)12,4(13)14)17-5(15)16-6/h2-4H,1H2. The van der Waals surface area contributed by atoms with Crippen LogP contribution in [0.5, 0.6) is 0 Å². The van der Waals surface area contributed by atoms with Gasteiger partial charge in [-0.3, -0.25) is 0 Å². The molecule has 0 aliphatic carbocycles. The highest BCUT2D eigenvalue weighted by Crippen LogP contribution is 2.49. The number of hydrogen-bond donors (Lipinski definition) is 0. The van der Waals surface area contributed by atoms with Gasteiger partial charge in [0.05, 0.1) is 0 Å². The lowest BCUT2D eigenvalue weighted by Gasteiger charge is -2.36. The van der Waals surface area contributed by atoms with Crippen LogP contribution in [0.1, 0.15) is 0 Å². The molecule has 0 spiro atoms. The number of ether oxygens (including phenoxy) is 2. The summed E-state index contributed by atoms with van der Waals surface area (Å²) in [6.45, 7) is -2.43. The highest BCUT2D eigenvalue weighted by molar-refractivity contribution is 5.65. The fourth-order valence-electron chi connectivity index (χ4n) is 1.43. The number of alkyl halides is 7. The molecule has 0 N–H and O–H groups in total. The van der Waals surface area contributed by atoms with Crippen LogP contribution < -0.4 is 0 Å². The summed E-state index contributed by atoms with van der Waals surface area (Å²) >= 11 is 0. The van der Waals surface area contributed by atoms with Crippen molar-refractivity contribution in [3.63, 3.8) is 0 Å². The molecule has 0 radical (unpaired) electrons. The molecular formula is C7H5F7O3. The second-order valence-corrected chi connectivity index (χ2v) is 3.17. The van der Waals surface area contributed by atoms with Crippen molar-refractivity contribution in [3.05, 3.63) is 0 Å². The van der Waals surface area contributed by atoms with Gasteiger partial charge in [0.1, 0.15) is 6.67 Å². The van der Waals surface area contributed by atoms with Crippen molar-refractivity contribution in [1.29, 1.82) is 0 Å². The molecule has 0 amide bonds. The van der Waals surface area contributed by atoms with Gasteiger partial charge in [0.2, 0.25) is 0 Å². The van der Waals surface area contributed by atoms with E-state index in [0.717, 1.165) is 0 Å². The zero-order chi connectivity index (χ0) is 13.4. The first-order valence-electron chi connectivity index (χ1n) is 4.07. The van der Waals surface area contributed by atoms with Gasteiger partial charge in [0.25, 0.3) is 30.5 Å². The minimum Gasteiger partial charge on any atom is -0.414 e. The van der Waals surface area contributed by atoms with E-state index in [1.54, 1.807) is 0 Å². The third kappa shape index (κ3) is 1.61. The molecule has 1 unspecified atom stereocenters. The maximum Gasteiger partial charge on any atom is 0.510 e. The van der Waals surface area contributed by atoms with Crippen LogP contribution >= 0.6 is 0 Å². The maximum absolute atomic E-state index is 12.5. The van der Waals surface area contributed by atoms with E-state index in [1.807, 2.05) is 0 Å². The Labute approximate surface area is 89.5 Å². The van der Waals surface area contributed by atoms with Crippen LogP contribution in [0.25, 0.3) is 0 Å². The van der Waals surface area contributed by atoms with Gasteiger partial charge in [0.15, 0.2) is 0 Å². The van der Waals surface area contributed by atoms with Crippen molar-refractivity contribution >= 4 is 6.16 Å². The highest BCUT2D eigenvalue weighted by Gasteiger charge is 2.78. The van der Waals surface area contributed by atoms with E-state index in [4.69, 9.17) is 0 Å². The molecule has 0 aromatic carbocycles. The number of halogens is 7. The molecule has 1 atom stereocenters. The molecule has 1 saturated heterocycles. The quantitative estimate of drug-likeness (QED) is 0.581. The SMILES string of the molecule is O=C1OC(CF)(C(F)F)C(C(F)F)(C(F)F)O1. The van der Waals surface area contributed by atoms with E-state index < -0.39 is 43.3 Å². The summed E-state index contributed by atoms with van der Waals surface area (Å²) in [6.07, 6.45) is -14.8. The number of carbonyl (C=O) groups is 1. The summed E-state index contributed by atoms with van der Waals surface area (Å²) in [4.78, 5) is 10.5. The van der Waals surface area contributed by atoms with Gasteiger partial charge in [-0.1, -0.05) is 0 Å². The number of hydrogen-bond acceptors (Lipinski definition) is 3. The predicted octanol–water partition coefficient (Wildman–Crippen LogP) is 2.40. The van der Waals surface area contributed by atoms with Crippen molar-refractivity contribution in [2.75, 3.05) is 6.67 Å². The molecule has 1 aliphatic rings. The molecule has 0 saturated carbocycles. The second kappa shape index (κ2) is 4.22. The van der Waals surface area contributed by atoms with Crippen LogP contribution in [0.3, 0.4) is 0 Å². The first-order valence-corrected chi connectivity index (χ1v) is 4.07. The Morgan fingerprint density at radius 2 is 1.41 bits per heavy atom. The van der Waals surface area contributed by atoms with Crippen LogP contribution in [0.4, 0.5) is 35.5 Å². The van der Waals surface area contributed by atoms with Gasteiger partial charge in [-0.05, 0) is 0 Å². The minimum absolute atomic E-state index is 2.19. The van der Waals surface area contributed by atoms with E-state index in [-0.39, 0.29) is 0 Å². The number of rotatable bonds is 4. The lowest BCUT2D eigenvalue weighted by atomic mass is 9.84. The summed E-state index contributed by atoms with van der Waals surface area (Å²) in [5.41, 5.74) is -8.32. The predicted molar refractivity (Wildman–Crippen MR) is 37.0 cm³/mol. The molecule has 100 valence electrons. The summed E-state index contributed by atoms with van der Waals surface area (Å²) in [5, 5.41) is 0. The minimum atomic E-state index is -4.31. The number of cyclic esters (lactones) is 2. The Balaban J connectivity index is 3.38. The zero-order valence-corrected chi connectivity index (χ0v) is 7.81. The largest absolute Gasteiger partial charge is 0.510 e. The zero-order valence-electron chi connectivity index (χ0n) is 7.81. The van der Waals surface area contributed by atoms with Crippen molar-refractivity contribution in [2.45, 2.75) is 30.5 Å².